The maximum Gasteiger partial charge on any atom is 0.101 e. The summed E-state index contributed by atoms with van der Waals surface area (Å²) in [7, 11) is 0. The summed E-state index contributed by atoms with van der Waals surface area (Å²) >= 11 is 3.32. The number of nitrogens with zero attached hydrogens (tertiary/aromatic N) is 1. The topological polar surface area (TPSA) is 75.8 Å². The standard InChI is InChI=1S/C10H12BrN3/c1-6(4-12)7-2-8(5-13)10(14)9(11)3-7/h2-3,6H,4,12,14H2,1H3. The van der Waals surface area contributed by atoms with Crippen LogP contribution >= 0.6 is 15.9 Å². The van der Waals surface area contributed by atoms with Gasteiger partial charge in [0.2, 0.25) is 0 Å². The van der Waals surface area contributed by atoms with Crippen LogP contribution in [0.2, 0.25) is 0 Å². The molecule has 1 atom stereocenters. The molecule has 0 aliphatic carbocycles. The number of anilines is 1. The van der Waals surface area contributed by atoms with Crippen molar-refractivity contribution in [1.29, 1.82) is 5.26 Å². The lowest BCUT2D eigenvalue weighted by Crippen LogP contribution is -2.09. The molecule has 0 aliphatic heterocycles. The number of nitriles is 1. The van der Waals surface area contributed by atoms with Crippen molar-refractivity contribution in [3.05, 3.63) is 27.7 Å². The van der Waals surface area contributed by atoms with Gasteiger partial charge in [-0.2, -0.15) is 5.26 Å². The molecule has 0 spiro atoms. The summed E-state index contributed by atoms with van der Waals surface area (Å²) in [4.78, 5) is 0. The van der Waals surface area contributed by atoms with Crippen molar-refractivity contribution in [2.75, 3.05) is 12.3 Å². The van der Waals surface area contributed by atoms with Gasteiger partial charge in [0.05, 0.1) is 11.3 Å². The normalized spacial score (nSPS) is 12.1. The molecule has 0 aliphatic rings. The van der Waals surface area contributed by atoms with Gasteiger partial charge < -0.3 is 11.5 Å². The van der Waals surface area contributed by atoms with Crippen molar-refractivity contribution in [2.24, 2.45) is 5.73 Å². The highest BCUT2D eigenvalue weighted by atomic mass is 79.9. The molecule has 0 saturated carbocycles. The molecule has 74 valence electrons. The minimum Gasteiger partial charge on any atom is -0.397 e. The number of benzene rings is 1. The Kier molecular flexibility index (Phi) is 3.50. The average molecular weight is 254 g/mol. The molecule has 0 amide bonds. The van der Waals surface area contributed by atoms with Gasteiger partial charge in [0.1, 0.15) is 6.07 Å². The lowest BCUT2D eigenvalue weighted by atomic mass is 9.99. The molecular weight excluding hydrogens is 242 g/mol. The molecule has 1 aromatic rings. The van der Waals surface area contributed by atoms with Crippen LogP contribution in [-0.4, -0.2) is 6.54 Å². The predicted octanol–water partition coefficient (Wildman–Crippen LogP) is 1.97. The van der Waals surface area contributed by atoms with Crippen LogP contribution in [0.5, 0.6) is 0 Å². The van der Waals surface area contributed by atoms with E-state index in [0.29, 0.717) is 17.8 Å². The van der Waals surface area contributed by atoms with Crippen molar-refractivity contribution >= 4 is 21.6 Å². The van der Waals surface area contributed by atoms with E-state index in [9.17, 15) is 0 Å². The van der Waals surface area contributed by atoms with Crippen molar-refractivity contribution in [1.82, 2.24) is 0 Å². The third kappa shape index (κ3) is 2.06. The summed E-state index contributed by atoms with van der Waals surface area (Å²) in [6.45, 7) is 2.57. The Morgan fingerprint density at radius 1 is 1.57 bits per heavy atom. The first kappa shape index (κ1) is 11.0. The van der Waals surface area contributed by atoms with Gasteiger partial charge in [0.15, 0.2) is 0 Å². The molecule has 14 heavy (non-hydrogen) atoms. The number of hydrogen-bond acceptors (Lipinski definition) is 3. The Hall–Kier alpha value is -1.05. The predicted molar refractivity (Wildman–Crippen MR) is 60.7 cm³/mol. The summed E-state index contributed by atoms with van der Waals surface area (Å²) in [5, 5.41) is 8.84. The van der Waals surface area contributed by atoms with Crippen LogP contribution in [0, 0.1) is 11.3 Å². The average Bonchev–Trinajstić information content (AvgIpc) is 2.20. The zero-order valence-corrected chi connectivity index (χ0v) is 9.51. The zero-order valence-electron chi connectivity index (χ0n) is 7.92. The molecule has 1 rings (SSSR count). The molecule has 4 heteroatoms. The van der Waals surface area contributed by atoms with Gasteiger partial charge in [-0.05, 0) is 46.1 Å². The summed E-state index contributed by atoms with van der Waals surface area (Å²) in [6.07, 6.45) is 0. The molecule has 0 aromatic heterocycles. The van der Waals surface area contributed by atoms with Gasteiger partial charge in [-0.1, -0.05) is 6.92 Å². The summed E-state index contributed by atoms with van der Waals surface area (Å²) in [5.41, 5.74) is 13.3. The number of nitrogen functional groups attached to an aromatic ring is 1. The van der Waals surface area contributed by atoms with Crippen LogP contribution in [0.25, 0.3) is 0 Å². The van der Waals surface area contributed by atoms with Crippen LogP contribution in [-0.2, 0) is 0 Å². The maximum absolute atomic E-state index is 8.84. The third-order valence-electron chi connectivity index (χ3n) is 2.19. The molecule has 4 N–H and O–H groups in total. The van der Waals surface area contributed by atoms with Gasteiger partial charge in [-0.3, -0.25) is 0 Å². The molecule has 0 saturated heterocycles. The second-order valence-electron chi connectivity index (χ2n) is 3.21. The Balaban J connectivity index is 3.24. The minimum atomic E-state index is 0.235. The zero-order chi connectivity index (χ0) is 10.7. The van der Waals surface area contributed by atoms with Gasteiger partial charge in [0, 0.05) is 4.47 Å². The highest BCUT2D eigenvalue weighted by molar-refractivity contribution is 9.10. The lowest BCUT2D eigenvalue weighted by molar-refractivity contribution is 0.773. The fourth-order valence-electron chi connectivity index (χ4n) is 1.15. The Morgan fingerprint density at radius 3 is 2.71 bits per heavy atom. The van der Waals surface area contributed by atoms with E-state index >= 15 is 0 Å². The third-order valence-corrected chi connectivity index (χ3v) is 2.85. The SMILES string of the molecule is CC(CN)c1cc(Br)c(N)c(C#N)c1. The number of rotatable bonds is 2. The first-order valence-electron chi connectivity index (χ1n) is 4.29. The fourth-order valence-corrected chi connectivity index (χ4v) is 1.63. The molecule has 3 nitrogen and oxygen atoms in total. The second-order valence-corrected chi connectivity index (χ2v) is 4.07. The summed E-state index contributed by atoms with van der Waals surface area (Å²) in [5.74, 6) is 0.235. The van der Waals surface area contributed by atoms with Crippen LogP contribution in [0.3, 0.4) is 0 Å². The van der Waals surface area contributed by atoms with Gasteiger partial charge in [-0.25, -0.2) is 0 Å². The molecule has 0 radical (unpaired) electrons. The van der Waals surface area contributed by atoms with E-state index in [0.717, 1.165) is 10.0 Å². The molecule has 1 unspecified atom stereocenters. The molecule has 0 fully saturated rings. The smallest absolute Gasteiger partial charge is 0.101 e. The van der Waals surface area contributed by atoms with Crippen molar-refractivity contribution < 1.29 is 0 Å². The number of nitrogens with two attached hydrogens (primary N) is 2. The summed E-state index contributed by atoms with van der Waals surface area (Å²) < 4.78 is 0.756. The quantitative estimate of drug-likeness (QED) is 0.792. The van der Waals surface area contributed by atoms with Gasteiger partial charge >= 0.3 is 0 Å². The van der Waals surface area contributed by atoms with Crippen LogP contribution in [0.4, 0.5) is 5.69 Å². The van der Waals surface area contributed by atoms with Crippen LogP contribution in [0.15, 0.2) is 16.6 Å². The van der Waals surface area contributed by atoms with Crippen LogP contribution in [0.1, 0.15) is 24.0 Å². The first-order chi connectivity index (χ1) is 6.60. The summed E-state index contributed by atoms with van der Waals surface area (Å²) in [6, 6.07) is 5.76. The lowest BCUT2D eigenvalue weighted by Gasteiger charge is -2.11. The minimum absolute atomic E-state index is 0.235. The fraction of sp³-hybridized carbons (Fsp3) is 0.300. The number of halogens is 1. The number of hydrogen-bond donors (Lipinski definition) is 2. The van der Waals surface area contributed by atoms with Crippen molar-refractivity contribution in [3.8, 4) is 6.07 Å². The highest BCUT2D eigenvalue weighted by Gasteiger charge is 2.09. The Bertz CT molecular complexity index is 382. The Labute approximate surface area is 91.8 Å². The van der Waals surface area contributed by atoms with E-state index in [-0.39, 0.29) is 5.92 Å². The largest absolute Gasteiger partial charge is 0.397 e. The second kappa shape index (κ2) is 4.45. The first-order valence-corrected chi connectivity index (χ1v) is 5.08. The van der Waals surface area contributed by atoms with Crippen molar-refractivity contribution in [3.63, 3.8) is 0 Å². The van der Waals surface area contributed by atoms with Crippen LogP contribution < -0.4 is 11.5 Å². The molecule has 0 bridgehead atoms. The van der Waals surface area contributed by atoms with E-state index in [1.807, 2.05) is 13.0 Å². The molecule has 0 heterocycles. The van der Waals surface area contributed by atoms with E-state index in [4.69, 9.17) is 16.7 Å². The van der Waals surface area contributed by atoms with Gasteiger partial charge in [0.25, 0.3) is 0 Å². The van der Waals surface area contributed by atoms with Gasteiger partial charge in [-0.15, -0.1) is 0 Å². The van der Waals surface area contributed by atoms with Crippen molar-refractivity contribution in [2.45, 2.75) is 12.8 Å². The molecular formula is C10H12BrN3. The van der Waals surface area contributed by atoms with E-state index in [1.54, 1.807) is 6.07 Å². The van der Waals surface area contributed by atoms with E-state index in [2.05, 4.69) is 22.0 Å². The maximum atomic E-state index is 8.84. The molecule has 1 aromatic carbocycles. The highest BCUT2D eigenvalue weighted by Crippen LogP contribution is 2.28. The van der Waals surface area contributed by atoms with E-state index < -0.39 is 0 Å². The van der Waals surface area contributed by atoms with E-state index in [1.165, 1.54) is 0 Å². The Morgan fingerprint density at radius 2 is 2.21 bits per heavy atom. The monoisotopic (exact) mass is 253 g/mol.